The summed E-state index contributed by atoms with van der Waals surface area (Å²) in [5.41, 5.74) is 1.46. The first-order valence-corrected chi connectivity index (χ1v) is 5.44. The van der Waals surface area contributed by atoms with Crippen LogP contribution in [0.15, 0.2) is 18.3 Å². The Balaban J connectivity index is 1.93. The molecule has 0 saturated heterocycles. The monoisotopic (exact) mass is 217 g/mol. The van der Waals surface area contributed by atoms with Gasteiger partial charge >= 0.3 is 0 Å². The Morgan fingerprint density at radius 2 is 2.31 bits per heavy atom. The van der Waals surface area contributed by atoms with Crippen molar-refractivity contribution >= 4 is 5.69 Å². The minimum atomic E-state index is -0.0995. The van der Waals surface area contributed by atoms with Crippen LogP contribution in [0.5, 0.6) is 0 Å². The molecule has 0 bridgehead atoms. The van der Waals surface area contributed by atoms with E-state index in [9.17, 15) is 5.11 Å². The summed E-state index contributed by atoms with van der Waals surface area (Å²) in [5, 5.41) is 17.8. The first-order chi connectivity index (χ1) is 7.69. The number of hydrogen-bond acceptors (Lipinski definition) is 4. The number of rotatable bonds is 3. The lowest BCUT2D eigenvalue weighted by Crippen LogP contribution is -2.37. The molecule has 0 aromatic carbocycles. The average Bonchev–Trinajstić information content (AvgIpc) is 2.27. The van der Waals surface area contributed by atoms with E-state index in [-0.39, 0.29) is 6.10 Å². The van der Waals surface area contributed by atoms with Crippen molar-refractivity contribution in [3.8, 4) is 6.07 Å². The molecule has 0 aliphatic heterocycles. The van der Waals surface area contributed by atoms with Gasteiger partial charge in [0.05, 0.1) is 18.0 Å². The van der Waals surface area contributed by atoms with Crippen molar-refractivity contribution in [3.63, 3.8) is 0 Å². The molecule has 1 aliphatic rings. The van der Waals surface area contributed by atoms with Gasteiger partial charge < -0.3 is 10.0 Å². The molecule has 0 unspecified atom stereocenters. The van der Waals surface area contributed by atoms with E-state index < -0.39 is 0 Å². The number of nitrogens with zero attached hydrogens (tertiary/aromatic N) is 3. The van der Waals surface area contributed by atoms with Crippen LogP contribution in [0.25, 0.3) is 0 Å². The van der Waals surface area contributed by atoms with Crippen LogP contribution in [0.1, 0.15) is 18.5 Å². The Morgan fingerprint density at radius 3 is 2.81 bits per heavy atom. The van der Waals surface area contributed by atoms with E-state index >= 15 is 0 Å². The molecule has 1 heterocycles. The molecule has 84 valence electrons. The second-order valence-electron chi connectivity index (χ2n) is 4.39. The maximum atomic E-state index is 9.20. The number of aliphatic hydroxyl groups excluding tert-OH is 1. The van der Waals surface area contributed by atoms with Gasteiger partial charge in [-0.25, -0.2) is 4.98 Å². The van der Waals surface area contributed by atoms with E-state index in [0.717, 1.165) is 25.1 Å². The van der Waals surface area contributed by atoms with Crippen LogP contribution in [-0.2, 0) is 0 Å². The number of aliphatic hydroxyl groups is 1. The van der Waals surface area contributed by atoms with Crippen molar-refractivity contribution in [2.75, 3.05) is 18.5 Å². The third-order valence-electron chi connectivity index (χ3n) is 3.05. The Hall–Kier alpha value is -1.60. The van der Waals surface area contributed by atoms with Crippen LogP contribution in [0, 0.1) is 17.2 Å². The second kappa shape index (κ2) is 4.50. The number of hydrogen-bond donors (Lipinski definition) is 1. The van der Waals surface area contributed by atoms with Crippen LogP contribution in [0.2, 0.25) is 0 Å². The SMILES string of the molecule is CN(CC1CC(O)C1)c1ccc(C#N)nc1. The minimum absolute atomic E-state index is 0.0995. The van der Waals surface area contributed by atoms with Gasteiger partial charge in [0.15, 0.2) is 0 Å². The fourth-order valence-electron chi connectivity index (χ4n) is 2.02. The number of nitriles is 1. The van der Waals surface area contributed by atoms with Gasteiger partial charge in [-0.05, 0) is 30.9 Å². The molecule has 1 fully saturated rings. The molecule has 4 nitrogen and oxygen atoms in total. The van der Waals surface area contributed by atoms with E-state index in [1.54, 1.807) is 12.3 Å². The lowest BCUT2D eigenvalue weighted by atomic mass is 9.82. The highest BCUT2D eigenvalue weighted by Gasteiger charge is 2.27. The zero-order chi connectivity index (χ0) is 11.5. The summed E-state index contributed by atoms with van der Waals surface area (Å²) in [5.74, 6) is 0.579. The average molecular weight is 217 g/mol. The predicted molar refractivity (Wildman–Crippen MR) is 61.0 cm³/mol. The highest BCUT2D eigenvalue weighted by atomic mass is 16.3. The summed E-state index contributed by atoms with van der Waals surface area (Å²) in [6, 6.07) is 5.63. The van der Waals surface area contributed by atoms with Crippen molar-refractivity contribution in [2.45, 2.75) is 18.9 Å². The third-order valence-corrected chi connectivity index (χ3v) is 3.05. The van der Waals surface area contributed by atoms with E-state index in [0.29, 0.717) is 11.6 Å². The van der Waals surface area contributed by atoms with Gasteiger partial charge in [0.25, 0.3) is 0 Å². The lowest BCUT2D eigenvalue weighted by molar-refractivity contribution is 0.0465. The molecule has 0 atom stereocenters. The van der Waals surface area contributed by atoms with Gasteiger partial charge in [0.1, 0.15) is 11.8 Å². The van der Waals surface area contributed by atoms with E-state index in [2.05, 4.69) is 9.88 Å². The van der Waals surface area contributed by atoms with Crippen LogP contribution < -0.4 is 4.90 Å². The number of pyridine rings is 1. The van der Waals surface area contributed by atoms with Gasteiger partial charge in [-0.1, -0.05) is 0 Å². The quantitative estimate of drug-likeness (QED) is 0.825. The van der Waals surface area contributed by atoms with Crippen molar-refractivity contribution in [3.05, 3.63) is 24.0 Å². The standard InChI is InChI=1S/C12H15N3O/c1-15(8-9-4-12(16)5-9)11-3-2-10(6-13)14-7-11/h2-3,7,9,12,16H,4-5,8H2,1H3. The number of aromatic nitrogens is 1. The second-order valence-corrected chi connectivity index (χ2v) is 4.39. The minimum Gasteiger partial charge on any atom is -0.393 e. The van der Waals surface area contributed by atoms with E-state index in [1.807, 2.05) is 19.2 Å². The van der Waals surface area contributed by atoms with Gasteiger partial charge in [0, 0.05) is 13.6 Å². The topological polar surface area (TPSA) is 60.1 Å². The molecule has 1 N–H and O–H groups in total. The Bertz CT molecular complexity index is 390. The Morgan fingerprint density at radius 1 is 1.56 bits per heavy atom. The van der Waals surface area contributed by atoms with E-state index in [1.165, 1.54) is 0 Å². The molecule has 1 aromatic heterocycles. The normalized spacial score (nSPS) is 23.3. The molecular weight excluding hydrogens is 202 g/mol. The van der Waals surface area contributed by atoms with Crippen molar-refractivity contribution in [1.29, 1.82) is 5.26 Å². The third kappa shape index (κ3) is 2.31. The molecule has 1 aliphatic carbocycles. The van der Waals surface area contributed by atoms with Crippen LogP contribution in [0.3, 0.4) is 0 Å². The summed E-state index contributed by atoms with van der Waals surface area (Å²) in [6.07, 6.45) is 3.41. The van der Waals surface area contributed by atoms with Crippen LogP contribution in [-0.4, -0.2) is 29.8 Å². The van der Waals surface area contributed by atoms with Gasteiger partial charge in [-0.15, -0.1) is 0 Å². The molecule has 1 aromatic rings. The molecule has 4 heteroatoms. The highest BCUT2D eigenvalue weighted by molar-refractivity contribution is 5.45. The van der Waals surface area contributed by atoms with E-state index in [4.69, 9.17) is 5.26 Å². The van der Waals surface area contributed by atoms with Gasteiger partial charge in [0.2, 0.25) is 0 Å². The first-order valence-electron chi connectivity index (χ1n) is 5.44. The molecule has 0 spiro atoms. The summed E-state index contributed by atoms with van der Waals surface area (Å²) in [6.45, 7) is 0.935. The van der Waals surface area contributed by atoms with Crippen LogP contribution >= 0.6 is 0 Å². The molecule has 16 heavy (non-hydrogen) atoms. The summed E-state index contributed by atoms with van der Waals surface area (Å²) in [4.78, 5) is 6.15. The largest absolute Gasteiger partial charge is 0.393 e. The Kier molecular flexibility index (Phi) is 3.07. The maximum Gasteiger partial charge on any atom is 0.140 e. The smallest absolute Gasteiger partial charge is 0.140 e. The predicted octanol–water partition coefficient (Wildman–Crippen LogP) is 1.16. The summed E-state index contributed by atoms with van der Waals surface area (Å²) >= 11 is 0. The molecular formula is C12H15N3O. The molecule has 2 rings (SSSR count). The summed E-state index contributed by atoms with van der Waals surface area (Å²) < 4.78 is 0. The lowest BCUT2D eigenvalue weighted by Gasteiger charge is -2.35. The van der Waals surface area contributed by atoms with Crippen molar-refractivity contribution < 1.29 is 5.11 Å². The highest BCUT2D eigenvalue weighted by Crippen LogP contribution is 2.28. The zero-order valence-corrected chi connectivity index (χ0v) is 9.30. The maximum absolute atomic E-state index is 9.20. The number of anilines is 1. The Labute approximate surface area is 95.1 Å². The van der Waals surface area contributed by atoms with Gasteiger partial charge in [-0.2, -0.15) is 5.26 Å². The fraction of sp³-hybridized carbons (Fsp3) is 0.500. The zero-order valence-electron chi connectivity index (χ0n) is 9.30. The van der Waals surface area contributed by atoms with Crippen molar-refractivity contribution in [1.82, 2.24) is 4.98 Å². The van der Waals surface area contributed by atoms with Gasteiger partial charge in [-0.3, -0.25) is 0 Å². The molecule has 1 saturated carbocycles. The fourth-order valence-corrected chi connectivity index (χ4v) is 2.02. The van der Waals surface area contributed by atoms with Crippen LogP contribution in [0.4, 0.5) is 5.69 Å². The molecule has 0 amide bonds. The first kappa shape index (κ1) is 10.9. The van der Waals surface area contributed by atoms with Crippen molar-refractivity contribution in [2.24, 2.45) is 5.92 Å². The molecule has 0 radical (unpaired) electrons. The summed E-state index contributed by atoms with van der Waals surface area (Å²) in [7, 11) is 2.01.